The molecule has 0 saturated carbocycles. The maximum atomic E-state index is 12.6. The molecule has 148 valence electrons. The van der Waals surface area contributed by atoms with Crippen LogP contribution in [0, 0.1) is 13.8 Å². The molecule has 0 spiro atoms. The number of anilines is 1. The van der Waals surface area contributed by atoms with Gasteiger partial charge in [0, 0.05) is 31.9 Å². The number of aromatic nitrogens is 1. The molecule has 0 bridgehead atoms. The van der Waals surface area contributed by atoms with E-state index in [4.69, 9.17) is 23.2 Å². The molecule has 0 atom stereocenters. The molecule has 1 aromatic carbocycles. The Morgan fingerprint density at radius 2 is 1.79 bits per heavy atom. The van der Waals surface area contributed by atoms with Crippen molar-refractivity contribution < 1.29 is 9.59 Å². The van der Waals surface area contributed by atoms with E-state index in [0.717, 1.165) is 16.8 Å². The van der Waals surface area contributed by atoms with Crippen LogP contribution >= 0.6 is 23.2 Å². The van der Waals surface area contributed by atoms with E-state index in [1.54, 1.807) is 17.0 Å². The molecular weight excluding hydrogens is 399 g/mol. The van der Waals surface area contributed by atoms with Crippen LogP contribution in [0.1, 0.15) is 21.6 Å². The SMILES string of the molecule is Cc1cccc(NC(=O)CN2CCN(C(=O)c3nc(Cl)ccc3Cl)CC2)c1C. The number of benzene rings is 1. The van der Waals surface area contributed by atoms with Crippen LogP contribution in [0.3, 0.4) is 0 Å². The third-order valence-corrected chi connectivity index (χ3v) is 5.44. The van der Waals surface area contributed by atoms with Gasteiger partial charge in [-0.25, -0.2) is 4.98 Å². The zero-order chi connectivity index (χ0) is 20.3. The van der Waals surface area contributed by atoms with E-state index in [9.17, 15) is 9.59 Å². The topological polar surface area (TPSA) is 65.5 Å². The number of carbonyl (C=O) groups excluding carboxylic acids is 2. The van der Waals surface area contributed by atoms with Gasteiger partial charge >= 0.3 is 0 Å². The van der Waals surface area contributed by atoms with Crippen LogP contribution < -0.4 is 5.32 Å². The third kappa shape index (κ3) is 4.82. The van der Waals surface area contributed by atoms with E-state index in [-0.39, 0.29) is 34.2 Å². The molecule has 1 aliphatic rings. The number of halogens is 2. The summed E-state index contributed by atoms with van der Waals surface area (Å²) in [6.07, 6.45) is 0. The van der Waals surface area contributed by atoms with Crippen LogP contribution in [0.2, 0.25) is 10.2 Å². The minimum atomic E-state index is -0.244. The Bertz CT molecular complexity index is 896. The Morgan fingerprint density at radius 3 is 2.50 bits per heavy atom. The van der Waals surface area contributed by atoms with Gasteiger partial charge in [0.2, 0.25) is 5.91 Å². The summed E-state index contributed by atoms with van der Waals surface area (Å²) in [6, 6.07) is 8.96. The number of hydrogen-bond acceptors (Lipinski definition) is 4. The smallest absolute Gasteiger partial charge is 0.274 e. The van der Waals surface area contributed by atoms with Crippen LogP contribution in [-0.4, -0.2) is 59.3 Å². The van der Waals surface area contributed by atoms with Crippen LogP contribution in [0.4, 0.5) is 5.69 Å². The van der Waals surface area contributed by atoms with Gasteiger partial charge in [-0.2, -0.15) is 0 Å². The lowest BCUT2D eigenvalue weighted by molar-refractivity contribution is -0.117. The Hall–Kier alpha value is -2.15. The Labute approximate surface area is 174 Å². The van der Waals surface area contributed by atoms with Gasteiger partial charge in [0.25, 0.3) is 5.91 Å². The number of amides is 2. The molecule has 2 aromatic rings. The van der Waals surface area contributed by atoms with Crippen molar-refractivity contribution in [2.45, 2.75) is 13.8 Å². The lowest BCUT2D eigenvalue weighted by atomic mass is 10.1. The van der Waals surface area contributed by atoms with Gasteiger partial charge in [0.15, 0.2) is 0 Å². The predicted octanol–water partition coefficient (Wildman–Crippen LogP) is 3.40. The molecule has 1 aliphatic heterocycles. The van der Waals surface area contributed by atoms with Gasteiger partial charge in [-0.05, 0) is 43.2 Å². The van der Waals surface area contributed by atoms with Gasteiger partial charge < -0.3 is 10.2 Å². The molecule has 28 heavy (non-hydrogen) atoms. The average Bonchev–Trinajstić information content (AvgIpc) is 2.67. The molecule has 1 aromatic heterocycles. The van der Waals surface area contributed by atoms with Gasteiger partial charge in [-0.1, -0.05) is 35.3 Å². The van der Waals surface area contributed by atoms with Crippen molar-refractivity contribution >= 4 is 40.7 Å². The minimum Gasteiger partial charge on any atom is -0.335 e. The number of carbonyl (C=O) groups is 2. The van der Waals surface area contributed by atoms with Gasteiger partial charge in [0.05, 0.1) is 11.6 Å². The summed E-state index contributed by atoms with van der Waals surface area (Å²) >= 11 is 12.0. The molecule has 2 amide bonds. The predicted molar refractivity (Wildman–Crippen MR) is 111 cm³/mol. The Balaban J connectivity index is 1.54. The van der Waals surface area contributed by atoms with Crippen molar-refractivity contribution in [2.75, 3.05) is 38.0 Å². The van der Waals surface area contributed by atoms with Crippen LogP contribution in [0.15, 0.2) is 30.3 Å². The summed E-state index contributed by atoms with van der Waals surface area (Å²) in [5.41, 5.74) is 3.20. The summed E-state index contributed by atoms with van der Waals surface area (Å²) in [4.78, 5) is 32.8. The molecule has 6 nitrogen and oxygen atoms in total. The maximum absolute atomic E-state index is 12.6. The van der Waals surface area contributed by atoms with Crippen molar-refractivity contribution in [1.29, 1.82) is 0 Å². The number of nitrogens with zero attached hydrogens (tertiary/aromatic N) is 3. The number of pyridine rings is 1. The average molecular weight is 421 g/mol. The molecule has 3 rings (SSSR count). The highest BCUT2D eigenvalue weighted by molar-refractivity contribution is 6.34. The molecular formula is C20H22Cl2N4O2. The first-order valence-electron chi connectivity index (χ1n) is 9.05. The summed E-state index contributed by atoms with van der Waals surface area (Å²) < 4.78 is 0. The minimum absolute atomic E-state index is 0.0620. The van der Waals surface area contributed by atoms with Crippen molar-refractivity contribution in [3.8, 4) is 0 Å². The number of piperazine rings is 1. The lowest BCUT2D eigenvalue weighted by Gasteiger charge is -2.34. The first-order valence-corrected chi connectivity index (χ1v) is 9.80. The van der Waals surface area contributed by atoms with Crippen molar-refractivity contribution in [3.05, 3.63) is 57.3 Å². The number of nitrogens with one attached hydrogen (secondary N) is 1. The highest BCUT2D eigenvalue weighted by atomic mass is 35.5. The molecule has 0 unspecified atom stereocenters. The van der Waals surface area contributed by atoms with E-state index in [1.807, 2.05) is 36.9 Å². The summed E-state index contributed by atoms with van der Waals surface area (Å²) in [5.74, 6) is -0.306. The van der Waals surface area contributed by atoms with E-state index in [1.165, 1.54) is 0 Å². The Morgan fingerprint density at radius 1 is 1.07 bits per heavy atom. The largest absolute Gasteiger partial charge is 0.335 e. The third-order valence-electron chi connectivity index (χ3n) is 4.92. The van der Waals surface area contributed by atoms with E-state index in [2.05, 4.69) is 10.3 Å². The number of hydrogen-bond donors (Lipinski definition) is 1. The molecule has 1 saturated heterocycles. The summed E-state index contributed by atoms with van der Waals surface area (Å²) in [5, 5.41) is 3.48. The monoisotopic (exact) mass is 420 g/mol. The zero-order valence-electron chi connectivity index (χ0n) is 15.8. The van der Waals surface area contributed by atoms with Crippen LogP contribution in [0.5, 0.6) is 0 Å². The second-order valence-electron chi connectivity index (χ2n) is 6.83. The Kier molecular flexibility index (Phi) is 6.54. The summed E-state index contributed by atoms with van der Waals surface area (Å²) in [7, 11) is 0. The van der Waals surface area contributed by atoms with Crippen molar-refractivity contribution in [1.82, 2.24) is 14.8 Å². The zero-order valence-corrected chi connectivity index (χ0v) is 17.3. The second-order valence-corrected chi connectivity index (χ2v) is 7.62. The molecule has 1 N–H and O–H groups in total. The maximum Gasteiger partial charge on any atom is 0.274 e. The fourth-order valence-corrected chi connectivity index (χ4v) is 3.44. The van der Waals surface area contributed by atoms with Gasteiger partial charge in [-0.3, -0.25) is 14.5 Å². The van der Waals surface area contributed by atoms with Crippen LogP contribution in [0.25, 0.3) is 0 Å². The fraction of sp³-hybridized carbons (Fsp3) is 0.350. The van der Waals surface area contributed by atoms with Crippen LogP contribution in [-0.2, 0) is 4.79 Å². The first-order chi connectivity index (χ1) is 13.3. The van der Waals surface area contributed by atoms with Gasteiger partial charge in [-0.15, -0.1) is 0 Å². The molecule has 2 heterocycles. The standard InChI is InChI=1S/C20H22Cl2N4O2/c1-13-4-3-5-16(14(13)2)23-18(27)12-25-8-10-26(11-9-25)20(28)19-15(21)6-7-17(22)24-19/h3-7H,8-12H2,1-2H3,(H,23,27). The summed E-state index contributed by atoms with van der Waals surface area (Å²) in [6.45, 7) is 6.49. The number of aryl methyl sites for hydroxylation is 1. The lowest BCUT2D eigenvalue weighted by Crippen LogP contribution is -2.50. The highest BCUT2D eigenvalue weighted by Gasteiger charge is 2.25. The van der Waals surface area contributed by atoms with Gasteiger partial charge in [0.1, 0.15) is 10.8 Å². The quantitative estimate of drug-likeness (QED) is 0.769. The molecule has 0 radical (unpaired) electrons. The highest BCUT2D eigenvalue weighted by Crippen LogP contribution is 2.20. The van der Waals surface area contributed by atoms with E-state index >= 15 is 0 Å². The fourth-order valence-electron chi connectivity index (χ4n) is 3.11. The molecule has 0 aliphatic carbocycles. The normalized spacial score (nSPS) is 14.8. The van der Waals surface area contributed by atoms with E-state index in [0.29, 0.717) is 26.2 Å². The van der Waals surface area contributed by atoms with E-state index < -0.39 is 0 Å². The number of rotatable bonds is 4. The molecule has 1 fully saturated rings. The van der Waals surface area contributed by atoms with Crippen molar-refractivity contribution in [2.24, 2.45) is 0 Å². The van der Waals surface area contributed by atoms with Crippen molar-refractivity contribution in [3.63, 3.8) is 0 Å². The molecule has 8 heteroatoms. The second kappa shape index (κ2) is 8.90. The first kappa shape index (κ1) is 20.6.